The minimum absolute atomic E-state index is 0.0797. The van der Waals surface area contributed by atoms with E-state index in [1.807, 2.05) is 12.3 Å². The van der Waals surface area contributed by atoms with Crippen LogP contribution in [0.1, 0.15) is 36.0 Å². The minimum Gasteiger partial charge on any atom is -0.356 e. The summed E-state index contributed by atoms with van der Waals surface area (Å²) in [6, 6.07) is 12.5. The predicted octanol–water partition coefficient (Wildman–Crippen LogP) is 3.93. The Kier molecular flexibility index (Phi) is 6.95. The lowest BCUT2D eigenvalue weighted by molar-refractivity contribution is -0.118. The number of nitrogens with zero attached hydrogens (tertiary/aromatic N) is 2. The van der Waals surface area contributed by atoms with Crippen LogP contribution in [0.25, 0.3) is 0 Å². The van der Waals surface area contributed by atoms with Crippen LogP contribution in [0.3, 0.4) is 0 Å². The molecule has 1 saturated heterocycles. The van der Waals surface area contributed by atoms with Gasteiger partial charge in [-0.15, -0.1) is 11.8 Å². The zero-order chi connectivity index (χ0) is 18.2. The van der Waals surface area contributed by atoms with Gasteiger partial charge >= 0.3 is 0 Å². The fraction of sp³-hybridized carbons (Fsp3) is 0.429. The first-order valence-corrected chi connectivity index (χ1v) is 10.5. The SMILES string of the molecule is Cc1cccc(CSCC(=O)NCc2cccnc2N2CCCCC2)c1. The van der Waals surface area contributed by atoms with Crippen LogP contribution in [0, 0.1) is 6.92 Å². The monoisotopic (exact) mass is 369 g/mol. The number of benzene rings is 1. The van der Waals surface area contributed by atoms with Gasteiger partial charge in [0.1, 0.15) is 5.82 Å². The van der Waals surface area contributed by atoms with Crippen molar-refractivity contribution in [2.75, 3.05) is 23.7 Å². The highest BCUT2D eigenvalue weighted by atomic mass is 32.2. The Morgan fingerprint density at radius 2 is 2.04 bits per heavy atom. The number of hydrogen-bond donors (Lipinski definition) is 1. The Labute approximate surface area is 160 Å². The lowest BCUT2D eigenvalue weighted by Crippen LogP contribution is -2.32. The molecule has 0 aliphatic carbocycles. The molecule has 5 heteroatoms. The molecule has 1 N–H and O–H groups in total. The first-order valence-electron chi connectivity index (χ1n) is 9.31. The summed E-state index contributed by atoms with van der Waals surface area (Å²) in [6.07, 6.45) is 5.58. The summed E-state index contributed by atoms with van der Waals surface area (Å²) in [5.41, 5.74) is 3.63. The van der Waals surface area contributed by atoms with Crippen LogP contribution in [-0.4, -0.2) is 29.7 Å². The molecule has 0 spiro atoms. The van der Waals surface area contributed by atoms with Crippen LogP contribution in [0.2, 0.25) is 0 Å². The van der Waals surface area contributed by atoms with Gasteiger partial charge in [0.25, 0.3) is 0 Å². The van der Waals surface area contributed by atoms with Gasteiger partial charge < -0.3 is 10.2 Å². The van der Waals surface area contributed by atoms with Gasteiger partial charge in [-0.25, -0.2) is 4.98 Å². The van der Waals surface area contributed by atoms with E-state index in [1.165, 1.54) is 30.4 Å². The second-order valence-corrected chi connectivity index (χ2v) is 7.78. The molecule has 2 heterocycles. The molecule has 0 atom stereocenters. The maximum atomic E-state index is 12.2. The van der Waals surface area contributed by atoms with Crippen molar-refractivity contribution in [3.05, 3.63) is 59.3 Å². The van der Waals surface area contributed by atoms with Crippen molar-refractivity contribution in [1.82, 2.24) is 10.3 Å². The molecule has 2 aromatic rings. The maximum Gasteiger partial charge on any atom is 0.230 e. The van der Waals surface area contributed by atoms with E-state index in [-0.39, 0.29) is 5.91 Å². The Hall–Kier alpha value is -2.01. The Balaban J connectivity index is 1.47. The Morgan fingerprint density at radius 3 is 2.85 bits per heavy atom. The standard InChI is InChI=1S/C21H27N3OS/c1-17-7-5-8-18(13-17)15-26-16-20(25)23-14-19-9-6-10-22-21(19)24-11-3-2-4-12-24/h5-10,13H,2-4,11-12,14-16H2,1H3,(H,23,25). The number of anilines is 1. The maximum absolute atomic E-state index is 12.2. The van der Waals surface area contributed by atoms with Gasteiger partial charge in [0.15, 0.2) is 0 Å². The highest BCUT2D eigenvalue weighted by Gasteiger charge is 2.15. The van der Waals surface area contributed by atoms with Gasteiger partial charge in [-0.05, 0) is 37.8 Å². The molecule has 1 amide bonds. The van der Waals surface area contributed by atoms with Crippen LogP contribution in [-0.2, 0) is 17.1 Å². The zero-order valence-electron chi connectivity index (χ0n) is 15.4. The molecule has 3 rings (SSSR count). The summed E-state index contributed by atoms with van der Waals surface area (Å²) in [6.45, 7) is 4.76. The molecule has 1 aliphatic heterocycles. The summed E-state index contributed by atoms with van der Waals surface area (Å²) in [5, 5.41) is 3.05. The van der Waals surface area contributed by atoms with E-state index < -0.39 is 0 Å². The first-order chi connectivity index (χ1) is 12.7. The number of piperidine rings is 1. The molecule has 0 radical (unpaired) electrons. The third-order valence-corrected chi connectivity index (χ3v) is 5.59. The first kappa shape index (κ1) is 18.8. The topological polar surface area (TPSA) is 45.2 Å². The molecule has 4 nitrogen and oxygen atoms in total. The largest absolute Gasteiger partial charge is 0.356 e. The molecule has 0 saturated carbocycles. The third-order valence-electron chi connectivity index (χ3n) is 4.58. The number of carbonyl (C=O) groups is 1. The fourth-order valence-electron chi connectivity index (χ4n) is 3.27. The molecule has 138 valence electrons. The van der Waals surface area contributed by atoms with Crippen molar-refractivity contribution >= 4 is 23.5 Å². The van der Waals surface area contributed by atoms with E-state index in [2.05, 4.69) is 52.5 Å². The predicted molar refractivity (Wildman–Crippen MR) is 109 cm³/mol. The van der Waals surface area contributed by atoms with Crippen molar-refractivity contribution in [2.45, 2.75) is 38.5 Å². The summed E-state index contributed by atoms with van der Waals surface area (Å²) in [7, 11) is 0. The van der Waals surface area contributed by atoms with Gasteiger partial charge in [-0.2, -0.15) is 0 Å². The van der Waals surface area contributed by atoms with Crippen LogP contribution >= 0.6 is 11.8 Å². The number of rotatable bonds is 7. The van der Waals surface area contributed by atoms with Crippen molar-refractivity contribution < 1.29 is 4.79 Å². The second kappa shape index (κ2) is 9.62. The number of amides is 1. The van der Waals surface area contributed by atoms with E-state index in [9.17, 15) is 4.79 Å². The van der Waals surface area contributed by atoms with Gasteiger partial charge in [-0.1, -0.05) is 35.9 Å². The molecule has 1 aromatic carbocycles. The molecular formula is C21H27N3OS. The van der Waals surface area contributed by atoms with E-state index in [4.69, 9.17) is 0 Å². The highest BCUT2D eigenvalue weighted by Crippen LogP contribution is 2.21. The minimum atomic E-state index is 0.0797. The molecular weight excluding hydrogens is 342 g/mol. The van der Waals surface area contributed by atoms with Crippen LogP contribution in [0.5, 0.6) is 0 Å². The van der Waals surface area contributed by atoms with Gasteiger partial charge in [0.2, 0.25) is 5.91 Å². The average Bonchev–Trinajstić information content (AvgIpc) is 2.67. The van der Waals surface area contributed by atoms with E-state index in [1.54, 1.807) is 11.8 Å². The number of pyridine rings is 1. The summed E-state index contributed by atoms with van der Waals surface area (Å²) in [4.78, 5) is 19.1. The molecule has 26 heavy (non-hydrogen) atoms. The van der Waals surface area contributed by atoms with Crippen LogP contribution in [0.4, 0.5) is 5.82 Å². The summed E-state index contributed by atoms with van der Waals surface area (Å²) >= 11 is 1.65. The van der Waals surface area contributed by atoms with Crippen LogP contribution < -0.4 is 10.2 Å². The number of aryl methyl sites for hydroxylation is 1. The molecule has 0 bridgehead atoms. The van der Waals surface area contributed by atoms with Gasteiger partial charge in [0, 0.05) is 37.1 Å². The summed E-state index contributed by atoms with van der Waals surface area (Å²) < 4.78 is 0. The number of nitrogens with one attached hydrogen (secondary N) is 1. The molecule has 1 aliphatic rings. The Bertz CT molecular complexity index is 729. The lowest BCUT2D eigenvalue weighted by Gasteiger charge is -2.29. The average molecular weight is 370 g/mol. The zero-order valence-corrected chi connectivity index (χ0v) is 16.2. The number of hydrogen-bond acceptors (Lipinski definition) is 4. The van der Waals surface area contributed by atoms with Crippen molar-refractivity contribution in [3.63, 3.8) is 0 Å². The summed E-state index contributed by atoms with van der Waals surface area (Å²) in [5.74, 6) is 2.45. The molecule has 1 fully saturated rings. The quantitative estimate of drug-likeness (QED) is 0.803. The van der Waals surface area contributed by atoms with Crippen molar-refractivity contribution in [3.8, 4) is 0 Å². The number of thioether (sulfide) groups is 1. The molecule has 0 unspecified atom stereocenters. The Morgan fingerprint density at radius 1 is 1.19 bits per heavy atom. The smallest absolute Gasteiger partial charge is 0.230 e. The van der Waals surface area contributed by atoms with Gasteiger partial charge in [0.05, 0.1) is 5.75 Å². The van der Waals surface area contributed by atoms with E-state index in [0.717, 1.165) is 30.2 Å². The van der Waals surface area contributed by atoms with Crippen molar-refractivity contribution in [2.24, 2.45) is 0 Å². The fourth-order valence-corrected chi connectivity index (χ4v) is 4.07. The van der Waals surface area contributed by atoms with Crippen molar-refractivity contribution in [1.29, 1.82) is 0 Å². The lowest BCUT2D eigenvalue weighted by atomic mass is 10.1. The normalized spacial score (nSPS) is 14.3. The number of carbonyl (C=O) groups excluding carboxylic acids is 1. The highest BCUT2D eigenvalue weighted by molar-refractivity contribution is 7.99. The van der Waals surface area contributed by atoms with E-state index in [0.29, 0.717) is 12.3 Å². The third kappa shape index (κ3) is 5.49. The number of aromatic nitrogens is 1. The van der Waals surface area contributed by atoms with Crippen LogP contribution in [0.15, 0.2) is 42.6 Å². The van der Waals surface area contributed by atoms with Gasteiger partial charge in [-0.3, -0.25) is 4.79 Å². The van der Waals surface area contributed by atoms with E-state index >= 15 is 0 Å². The second-order valence-electron chi connectivity index (χ2n) is 6.79. The molecule has 1 aromatic heterocycles.